The lowest BCUT2D eigenvalue weighted by molar-refractivity contribution is 0.00286. The number of carbonyl (C=O) groups is 2. The molecule has 31 heavy (non-hydrogen) atoms. The highest BCUT2D eigenvalue weighted by Crippen LogP contribution is 2.48. The molecule has 3 rings (SSSR count). The molecule has 7 nitrogen and oxygen atoms in total. The van der Waals surface area contributed by atoms with E-state index < -0.39 is 28.9 Å². The molecule has 1 aromatic heterocycles. The van der Waals surface area contributed by atoms with Gasteiger partial charge in [-0.15, -0.1) is 11.3 Å². The number of nitrogens with zero attached hydrogens (tertiary/aromatic N) is 2. The average molecular weight is 534 g/mol. The molecule has 0 aliphatic carbocycles. The maximum Gasteiger partial charge on any atom is 0.426 e. The predicted molar refractivity (Wildman–Crippen MR) is 127 cm³/mol. The van der Waals surface area contributed by atoms with Crippen LogP contribution in [0.15, 0.2) is 20.9 Å². The van der Waals surface area contributed by atoms with E-state index in [2.05, 4.69) is 15.9 Å². The zero-order chi connectivity index (χ0) is 23.0. The zero-order valence-electron chi connectivity index (χ0n) is 18.7. The molecule has 2 aliphatic rings. The van der Waals surface area contributed by atoms with Gasteiger partial charge in [-0.25, -0.2) is 14.6 Å². The van der Waals surface area contributed by atoms with Crippen LogP contribution in [0.25, 0.3) is 0 Å². The first kappa shape index (κ1) is 24.5. The van der Waals surface area contributed by atoms with Gasteiger partial charge in [-0.05, 0) is 70.0 Å². The van der Waals surface area contributed by atoms with Gasteiger partial charge in [0.05, 0.1) is 6.61 Å². The van der Waals surface area contributed by atoms with Crippen molar-refractivity contribution in [2.24, 2.45) is 10.9 Å². The van der Waals surface area contributed by atoms with Crippen LogP contribution in [-0.4, -0.2) is 52.4 Å². The quantitative estimate of drug-likeness (QED) is 0.440. The van der Waals surface area contributed by atoms with E-state index in [-0.39, 0.29) is 11.1 Å². The van der Waals surface area contributed by atoms with Crippen molar-refractivity contribution >= 4 is 56.4 Å². The molecule has 2 atom stereocenters. The van der Waals surface area contributed by atoms with Crippen molar-refractivity contribution in [3.05, 3.63) is 20.8 Å². The topological polar surface area (TPSA) is 77.4 Å². The number of hydrogen-bond acceptors (Lipinski definition) is 8. The van der Waals surface area contributed by atoms with Gasteiger partial charge < -0.3 is 14.2 Å². The van der Waals surface area contributed by atoms with Gasteiger partial charge in [0.2, 0.25) is 0 Å². The molecule has 1 aromatic rings. The molecule has 0 radical (unpaired) electrons. The van der Waals surface area contributed by atoms with Gasteiger partial charge in [0.15, 0.2) is 5.17 Å². The number of imide groups is 1. The van der Waals surface area contributed by atoms with Crippen LogP contribution in [0.1, 0.15) is 52.8 Å². The minimum Gasteiger partial charge on any atom is -0.443 e. The summed E-state index contributed by atoms with van der Waals surface area (Å²) in [6.07, 6.45) is -0.741. The van der Waals surface area contributed by atoms with Crippen LogP contribution in [0.2, 0.25) is 0 Å². The highest BCUT2D eigenvalue weighted by atomic mass is 79.9. The minimum atomic E-state index is -0.800. The SMILES string of the molecule is CC(C)(C)OC(=O)N(C(=O)OC(C)(C)C)C1=N[C@]2(c3cc(Br)cs3)COCC[C@H]2CS1. The van der Waals surface area contributed by atoms with Crippen LogP contribution in [0.4, 0.5) is 9.59 Å². The summed E-state index contributed by atoms with van der Waals surface area (Å²) >= 11 is 6.49. The second-order valence-electron chi connectivity index (χ2n) is 9.59. The van der Waals surface area contributed by atoms with Crippen molar-refractivity contribution in [1.29, 1.82) is 0 Å². The molecule has 0 unspecified atom stereocenters. The molecule has 2 amide bonds. The van der Waals surface area contributed by atoms with Gasteiger partial charge in [-0.3, -0.25) is 0 Å². The Morgan fingerprint density at radius 2 is 1.81 bits per heavy atom. The normalized spacial score (nSPS) is 24.1. The summed E-state index contributed by atoms with van der Waals surface area (Å²) in [6.45, 7) is 11.6. The van der Waals surface area contributed by atoms with Crippen LogP contribution in [0.3, 0.4) is 0 Å². The standard InChI is InChI=1S/C21H29BrN2O5S2/c1-19(2,3)28-17(25)24(18(26)29-20(4,5)6)16-23-21(15-9-14(22)11-30-15)12-27-8-7-13(21)10-31-16/h9,11,13H,7-8,10,12H2,1-6H3/t13-,21+/m0/s1. The lowest BCUT2D eigenvalue weighted by Gasteiger charge is -2.44. The number of halogens is 1. The minimum absolute atomic E-state index is 0.236. The van der Waals surface area contributed by atoms with E-state index in [1.165, 1.54) is 11.8 Å². The first-order chi connectivity index (χ1) is 14.3. The molecular formula is C21H29BrN2O5S2. The number of amides is 2. The van der Waals surface area contributed by atoms with Crippen molar-refractivity contribution in [1.82, 2.24) is 4.90 Å². The summed E-state index contributed by atoms with van der Waals surface area (Å²) < 4.78 is 17.9. The fraction of sp³-hybridized carbons (Fsp3) is 0.667. The largest absolute Gasteiger partial charge is 0.443 e. The highest BCUT2D eigenvalue weighted by molar-refractivity contribution is 9.10. The molecule has 172 valence electrons. The number of carbonyl (C=O) groups excluding carboxylic acids is 2. The molecule has 1 saturated heterocycles. The number of rotatable bonds is 1. The van der Waals surface area contributed by atoms with E-state index in [1.807, 2.05) is 11.4 Å². The number of amidine groups is 1. The number of thioether (sulfide) groups is 1. The lowest BCUT2D eigenvalue weighted by Crippen LogP contribution is -2.52. The Bertz CT molecular complexity index is 846. The van der Waals surface area contributed by atoms with E-state index in [0.29, 0.717) is 19.0 Å². The summed E-state index contributed by atoms with van der Waals surface area (Å²) in [5.74, 6) is 0.944. The third kappa shape index (κ3) is 5.83. The Kier molecular flexibility index (Phi) is 7.15. The van der Waals surface area contributed by atoms with Gasteiger partial charge >= 0.3 is 12.2 Å². The summed E-state index contributed by atoms with van der Waals surface area (Å²) in [5, 5.41) is 2.28. The van der Waals surface area contributed by atoms with Crippen molar-refractivity contribution in [3.8, 4) is 0 Å². The van der Waals surface area contributed by atoms with E-state index >= 15 is 0 Å². The van der Waals surface area contributed by atoms with Gasteiger partial charge in [0.25, 0.3) is 0 Å². The first-order valence-corrected chi connectivity index (χ1v) is 12.8. The maximum absolute atomic E-state index is 13.1. The van der Waals surface area contributed by atoms with Crippen molar-refractivity contribution in [3.63, 3.8) is 0 Å². The van der Waals surface area contributed by atoms with E-state index in [9.17, 15) is 9.59 Å². The monoisotopic (exact) mass is 532 g/mol. The van der Waals surface area contributed by atoms with Gasteiger partial charge in [0.1, 0.15) is 16.7 Å². The van der Waals surface area contributed by atoms with Crippen molar-refractivity contribution in [2.45, 2.75) is 64.7 Å². The summed E-state index contributed by atoms with van der Waals surface area (Å²) in [4.78, 5) is 33.1. The third-order valence-corrected chi connectivity index (χ3v) is 7.61. The zero-order valence-corrected chi connectivity index (χ0v) is 21.9. The number of hydrogen-bond donors (Lipinski definition) is 0. The van der Waals surface area contributed by atoms with Crippen molar-refractivity contribution < 1.29 is 23.8 Å². The number of aliphatic imine (C=N–C) groups is 1. The average Bonchev–Trinajstić information content (AvgIpc) is 3.05. The fourth-order valence-corrected chi connectivity index (χ4v) is 6.30. The molecule has 1 fully saturated rings. The smallest absolute Gasteiger partial charge is 0.426 e. The van der Waals surface area contributed by atoms with E-state index in [4.69, 9.17) is 19.2 Å². The number of ether oxygens (including phenoxy) is 3. The molecule has 0 saturated carbocycles. The second-order valence-corrected chi connectivity index (χ2v) is 12.4. The third-order valence-electron chi connectivity index (χ3n) is 4.65. The Morgan fingerprint density at radius 3 is 2.32 bits per heavy atom. The van der Waals surface area contributed by atoms with Gasteiger partial charge in [-0.1, -0.05) is 11.8 Å². The summed E-state index contributed by atoms with van der Waals surface area (Å²) in [6, 6.07) is 2.04. The van der Waals surface area contributed by atoms with Crippen molar-refractivity contribution in [2.75, 3.05) is 19.0 Å². The molecule has 10 heteroatoms. The van der Waals surface area contributed by atoms with E-state index in [1.54, 1.807) is 52.9 Å². The maximum atomic E-state index is 13.1. The summed E-state index contributed by atoms with van der Waals surface area (Å²) in [7, 11) is 0. The Balaban J connectivity index is 2.05. The Labute approximate surface area is 200 Å². The first-order valence-electron chi connectivity index (χ1n) is 10.1. The second kappa shape index (κ2) is 9.03. The molecule has 0 spiro atoms. The Morgan fingerprint density at radius 1 is 1.19 bits per heavy atom. The van der Waals surface area contributed by atoms with Gasteiger partial charge in [-0.2, -0.15) is 4.90 Å². The van der Waals surface area contributed by atoms with Crippen LogP contribution in [-0.2, 0) is 19.7 Å². The molecule has 0 bridgehead atoms. The molecular weight excluding hydrogens is 504 g/mol. The fourth-order valence-electron chi connectivity index (χ4n) is 3.36. The van der Waals surface area contributed by atoms with Gasteiger partial charge in [0, 0.05) is 33.0 Å². The number of fused-ring (bicyclic) bond motifs is 1. The molecule has 2 aliphatic heterocycles. The van der Waals surface area contributed by atoms with Crippen LogP contribution < -0.4 is 0 Å². The highest BCUT2D eigenvalue weighted by Gasteiger charge is 2.49. The van der Waals surface area contributed by atoms with Crippen LogP contribution >= 0.6 is 39.0 Å². The van der Waals surface area contributed by atoms with Crippen LogP contribution in [0.5, 0.6) is 0 Å². The number of thiophene rings is 1. The molecule has 0 aromatic carbocycles. The molecule has 3 heterocycles. The lowest BCUT2D eigenvalue weighted by atomic mass is 9.81. The predicted octanol–water partition coefficient (Wildman–Crippen LogP) is 6.02. The van der Waals surface area contributed by atoms with E-state index in [0.717, 1.165) is 20.7 Å². The summed E-state index contributed by atoms with van der Waals surface area (Å²) in [5.41, 5.74) is -2.20. The molecule has 0 N–H and O–H groups in total. The van der Waals surface area contributed by atoms with Crippen LogP contribution in [0, 0.1) is 5.92 Å². The Hall–Kier alpha value is -1.10.